The molecule has 0 saturated carbocycles. The van der Waals surface area contributed by atoms with Crippen molar-refractivity contribution >= 4 is 31.7 Å². The van der Waals surface area contributed by atoms with Gasteiger partial charge in [-0.25, -0.2) is 8.42 Å². The molecule has 0 radical (unpaired) electrons. The molecule has 1 aliphatic rings. The molecule has 0 spiro atoms. The molecule has 1 fully saturated rings. The first kappa shape index (κ1) is 17.3. The summed E-state index contributed by atoms with van der Waals surface area (Å²) >= 11 is 3.39. The van der Waals surface area contributed by atoms with Gasteiger partial charge in [-0.05, 0) is 47.0 Å². The number of nitrogens with zero attached hydrogens (tertiary/aromatic N) is 1. The molecule has 1 heterocycles. The summed E-state index contributed by atoms with van der Waals surface area (Å²) in [6.07, 6.45) is 1.29. The van der Waals surface area contributed by atoms with Gasteiger partial charge in [0.25, 0.3) is 5.91 Å². The summed E-state index contributed by atoms with van der Waals surface area (Å²) in [6.45, 7) is 2.52. The standard InChI is InChI=1S/C15H20BrNO4S/c1-3-7-17(11-6-8-22(19,20)10-11)15(18)13-9-12(21-2)4-5-14(13)16/h4-5,9,11H,3,6-8,10H2,1-2H3. The number of amides is 1. The highest BCUT2D eigenvalue weighted by Gasteiger charge is 2.35. The van der Waals surface area contributed by atoms with E-state index in [-0.39, 0.29) is 23.5 Å². The molecule has 2 rings (SSSR count). The maximum absolute atomic E-state index is 12.9. The number of halogens is 1. The topological polar surface area (TPSA) is 63.7 Å². The minimum atomic E-state index is -3.03. The Bertz CT molecular complexity index is 660. The van der Waals surface area contributed by atoms with E-state index in [4.69, 9.17) is 4.74 Å². The van der Waals surface area contributed by atoms with E-state index in [1.54, 1.807) is 30.2 Å². The van der Waals surface area contributed by atoms with Gasteiger partial charge in [-0.2, -0.15) is 0 Å². The zero-order chi connectivity index (χ0) is 16.3. The molecule has 1 aromatic rings. The van der Waals surface area contributed by atoms with Crippen LogP contribution in [0.3, 0.4) is 0 Å². The Balaban J connectivity index is 2.30. The third-order valence-electron chi connectivity index (χ3n) is 3.78. The van der Waals surface area contributed by atoms with Crippen molar-refractivity contribution in [3.05, 3.63) is 28.2 Å². The highest BCUT2D eigenvalue weighted by molar-refractivity contribution is 9.10. The Labute approximate surface area is 139 Å². The first-order valence-electron chi connectivity index (χ1n) is 7.23. The molecular weight excluding hydrogens is 370 g/mol. The molecule has 5 nitrogen and oxygen atoms in total. The predicted octanol–water partition coefficient (Wildman–Crippen LogP) is 2.50. The van der Waals surface area contributed by atoms with Gasteiger partial charge in [-0.3, -0.25) is 4.79 Å². The van der Waals surface area contributed by atoms with Crippen LogP contribution in [0.25, 0.3) is 0 Å². The van der Waals surface area contributed by atoms with E-state index in [1.165, 1.54) is 0 Å². The molecule has 1 aromatic carbocycles. The van der Waals surface area contributed by atoms with Crippen LogP contribution < -0.4 is 4.74 Å². The van der Waals surface area contributed by atoms with E-state index in [9.17, 15) is 13.2 Å². The van der Waals surface area contributed by atoms with Crippen molar-refractivity contribution in [2.24, 2.45) is 0 Å². The lowest BCUT2D eigenvalue weighted by atomic mass is 10.1. The number of ether oxygens (including phenoxy) is 1. The molecule has 1 atom stereocenters. The number of methoxy groups -OCH3 is 1. The smallest absolute Gasteiger partial charge is 0.255 e. The van der Waals surface area contributed by atoms with E-state index in [2.05, 4.69) is 15.9 Å². The minimum Gasteiger partial charge on any atom is -0.497 e. The Morgan fingerprint density at radius 2 is 2.18 bits per heavy atom. The third kappa shape index (κ3) is 3.81. The summed E-state index contributed by atoms with van der Waals surface area (Å²) in [6, 6.07) is 4.97. The van der Waals surface area contributed by atoms with E-state index in [1.807, 2.05) is 6.92 Å². The van der Waals surface area contributed by atoms with Gasteiger partial charge in [-0.15, -0.1) is 0 Å². The quantitative estimate of drug-likeness (QED) is 0.775. The number of sulfone groups is 1. The van der Waals surface area contributed by atoms with Crippen LogP contribution >= 0.6 is 15.9 Å². The molecule has 0 bridgehead atoms. The number of carbonyl (C=O) groups is 1. The third-order valence-corrected chi connectivity index (χ3v) is 6.22. The minimum absolute atomic E-state index is 0.0559. The van der Waals surface area contributed by atoms with Crippen LogP contribution in [-0.2, 0) is 9.84 Å². The zero-order valence-corrected chi connectivity index (χ0v) is 15.1. The summed E-state index contributed by atoms with van der Waals surface area (Å²) in [5.41, 5.74) is 0.497. The van der Waals surface area contributed by atoms with Crippen molar-refractivity contribution in [1.82, 2.24) is 4.90 Å². The highest BCUT2D eigenvalue weighted by Crippen LogP contribution is 2.26. The molecule has 0 aromatic heterocycles. The second-order valence-electron chi connectivity index (χ2n) is 5.40. The molecule has 22 heavy (non-hydrogen) atoms. The van der Waals surface area contributed by atoms with Gasteiger partial charge < -0.3 is 9.64 Å². The van der Waals surface area contributed by atoms with E-state index in [0.29, 0.717) is 28.8 Å². The maximum Gasteiger partial charge on any atom is 0.255 e. The van der Waals surface area contributed by atoms with E-state index in [0.717, 1.165) is 6.42 Å². The fourth-order valence-corrected chi connectivity index (χ4v) is 4.81. The number of benzene rings is 1. The lowest BCUT2D eigenvalue weighted by molar-refractivity contribution is 0.0695. The molecule has 1 saturated heterocycles. The van der Waals surface area contributed by atoms with Gasteiger partial charge in [0.1, 0.15) is 5.75 Å². The van der Waals surface area contributed by atoms with Crippen LogP contribution in [-0.4, -0.2) is 50.4 Å². The van der Waals surface area contributed by atoms with E-state index >= 15 is 0 Å². The maximum atomic E-state index is 12.9. The van der Waals surface area contributed by atoms with Crippen LogP contribution in [0.2, 0.25) is 0 Å². The number of carbonyl (C=O) groups excluding carboxylic acids is 1. The van der Waals surface area contributed by atoms with Gasteiger partial charge in [-0.1, -0.05) is 6.92 Å². The number of rotatable bonds is 5. The SMILES string of the molecule is CCCN(C(=O)c1cc(OC)ccc1Br)C1CCS(=O)(=O)C1. The first-order chi connectivity index (χ1) is 10.4. The molecule has 1 amide bonds. The molecule has 122 valence electrons. The van der Waals surface area contributed by atoms with Crippen LogP contribution in [0.5, 0.6) is 5.75 Å². The Morgan fingerprint density at radius 1 is 1.45 bits per heavy atom. The fourth-order valence-electron chi connectivity index (χ4n) is 2.66. The lowest BCUT2D eigenvalue weighted by Crippen LogP contribution is -2.41. The van der Waals surface area contributed by atoms with Crippen LogP contribution in [0.4, 0.5) is 0 Å². The van der Waals surface area contributed by atoms with Crippen LogP contribution in [0.1, 0.15) is 30.1 Å². The van der Waals surface area contributed by atoms with Gasteiger partial charge in [0, 0.05) is 17.1 Å². The molecule has 7 heteroatoms. The summed E-state index contributed by atoms with van der Waals surface area (Å²) in [5.74, 6) is 0.655. The van der Waals surface area contributed by atoms with Crippen molar-refractivity contribution in [1.29, 1.82) is 0 Å². The van der Waals surface area contributed by atoms with Gasteiger partial charge >= 0.3 is 0 Å². The summed E-state index contributed by atoms with van der Waals surface area (Å²) in [4.78, 5) is 14.6. The van der Waals surface area contributed by atoms with Gasteiger partial charge in [0.05, 0.1) is 24.2 Å². The predicted molar refractivity (Wildman–Crippen MR) is 89.1 cm³/mol. The fraction of sp³-hybridized carbons (Fsp3) is 0.533. The summed E-state index contributed by atoms with van der Waals surface area (Å²) < 4.78 is 29.3. The van der Waals surface area contributed by atoms with Gasteiger partial charge in [0.2, 0.25) is 0 Å². The normalized spacial score (nSPS) is 19.9. The molecule has 0 N–H and O–H groups in total. The average Bonchev–Trinajstić information content (AvgIpc) is 2.84. The molecule has 1 unspecified atom stereocenters. The van der Waals surface area contributed by atoms with Crippen molar-refractivity contribution in [3.8, 4) is 5.75 Å². The Morgan fingerprint density at radius 3 is 2.73 bits per heavy atom. The van der Waals surface area contributed by atoms with Crippen LogP contribution in [0.15, 0.2) is 22.7 Å². The Kier molecular flexibility index (Phi) is 5.50. The van der Waals surface area contributed by atoms with Crippen LogP contribution in [0, 0.1) is 0 Å². The largest absolute Gasteiger partial charge is 0.497 e. The average molecular weight is 390 g/mol. The molecule has 0 aliphatic carbocycles. The summed E-state index contributed by atoms with van der Waals surface area (Å²) in [5, 5.41) is 0. The monoisotopic (exact) mass is 389 g/mol. The Hall–Kier alpha value is -1.08. The van der Waals surface area contributed by atoms with Crippen molar-refractivity contribution in [2.75, 3.05) is 25.2 Å². The van der Waals surface area contributed by atoms with Crippen molar-refractivity contribution in [2.45, 2.75) is 25.8 Å². The first-order valence-corrected chi connectivity index (χ1v) is 9.84. The highest BCUT2D eigenvalue weighted by atomic mass is 79.9. The second kappa shape index (κ2) is 7.00. The zero-order valence-electron chi connectivity index (χ0n) is 12.7. The molecule has 1 aliphatic heterocycles. The van der Waals surface area contributed by atoms with Gasteiger partial charge in [0.15, 0.2) is 9.84 Å². The second-order valence-corrected chi connectivity index (χ2v) is 8.48. The summed E-state index contributed by atoms with van der Waals surface area (Å²) in [7, 11) is -1.48. The van der Waals surface area contributed by atoms with Crippen molar-refractivity contribution in [3.63, 3.8) is 0 Å². The van der Waals surface area contributed by atoms with E-state index < -0.39 is 9.84 Å². The number of hydrogen-bond acceptors (Lipinski definition) is 4. The lowest BCUT2D eigenvalue weighted by Gasteiger charge is -2.28. The molecular formula is C15H20BrNO4S. The number of hydrogen-bond donors (Lipinski definition) is 0. The van der Waals surface area contributed by atoms with Crippen molar-refractivity contribution < 1.29 is 17.9 Å².